The maximum Gasteiger partial charge on any atom is 0.313 e. The zero-order valence-corrected chi connectivity index (χ0v) is 15.0. The maximum atomic E-state index is 12.1. The third-order valence-corrected chi connectivity index (χ3v) is 3.91. The summed E-state index contributed by atoms with van der Waals surface area (Å²) in [4.78, 5) is 24.1. The maximum absolute atomic E-state index is 12.1. The van der Waals surface area contributed by atoms with Crippen LogP contribution in [0, 0.1) is 0 Å². The molecule has 2 aromatic carbocycles. The van der Waals surface area contributed by atoms with Crippen molar-refractivity contribution in [3.05, 3.63) is 42.0 Å². The van der Waals surface area contributed by atoms with Crippen LogP contribution in [-0.4, -0.2) is 39.2 Å². The molecule has 1 aliphatic heterocycles. The van der Waals surface area contributed by atoms with Gasteiger partial charge in [-0.2, -0.15) is 0 Å². The average Bonchev–Trinajstić information content (AvgIpc) is 2.71. The molecule has 0 saturated heterocycles. The van der Waals surface area contributed by atoms with Gasteiger partial charge >= 0.3 is 11.8 Å². The van der Waals surface area contributed by atoms with Gasteiger partial charge in [-0.15, -0.1) is 0 Å². The number of nitrogens with one attached hydrogen (secondary N) is 2. The van der Waals surface area contributed by atoms with Gasteiger partial charge < -0.3 is 29.6 Å². The van der Waals surface area contributed by atoms with E-state index in [9.17, 15) is 9.59 Å². The van der Waals surface area contributed by atoms with Crippen LogP contribution in [0.15, 0.2) is 36.4 Å². The Bertz CT molecular complexity index is 852. The number of methoxy groups -OCH3 is 2. The summed E-state index contributed by atoms with van der Waals surface area (Å²) in [6.07, 6.45) is 0. The molecule has 0 radical (unpaired) electrons. The highest BCUT2D eigenvalue weighted by Gasteiger charge is 2.17. The molecule has 0 bridgehead atoms. The molecule has 0 spiro atoms. The molecule has 0 unspecified atom stereocenters. The monoisotopic (exact) mass is 372 g/mol. The van der Waals surface area contributed by atoms with Crippen molar-refractivity contribution >= 4 is 17.5 Å². The van der Waals surface area contributed by atoms with Gasteiger partial charge in [0.1, 0.15) is 13.2 Å². The molecule has 0 aliphatic carbocycles. The molecule has 1 aliphatic rings. The Labute approximate surface area is 156 Å². The van der Waals surface area contributed by atoms with E-state index in [1.807, 2.05) is 0 Å². The van der Waals surface area contributed by atoms with Gasteiger partial charge in [0.25, 0.3) is 0 Å². The van der Waals surface area contributed by atoms with Crippen LogP contribution in [0.2, 0.25) is 0 Å². The number of carbonyl (C=O) groups is 2. The molecule has 3 rings (SSSR count). The lowest BCUT2D eigenvalue weighted by Gasteiger charge is -2.18. The highest BCUT2D eigenvalue weighted by atomic mass is 16.6. The van der Waals surface area contributed by atoms with Crippen LogP contribution in [-0.2, 0) is 16.1 Å². The van der Waals surface area contributed by atoms with E-state index in [-0.39, 0.29) is 6.54 Å². The molecule has 1 heterocycles. The summed E-state index contributed by atoms with van der Waals surface area (Å²) in [7, 11) is 3.07. The van der Waals surface area contributed by atoms with Gasteiger partial charge in [0.05, 0.1) is 14.2 Å². The molecule has 2 amide bonds. The number of ether oxygens (including phenoxy) is 4. The fourth-order valence-electron chi connectivity index (χ4n) is 2.56. The molecule has 2 N–H and O–H groups in total. The lowest BCUT2D eigenvalue weighted by atomic mass is 10.2. The molecular weight excluding hydrogens is 352 g/mol. The predicted molar refractivity (Wildman–Crippen MR) is 97.5 cm³/mol. The van der Waals surface area contributed by atoms with E-state index in [4.69, 9.17) is 18.9 Å². The van der Waals surface area contributed by atoms with E-state index in [0.717, 1.165) is 5.56 Å². The number of hydrogen-bond donors (Lipinski definition) is 2. The van der Waals surface area contributed by atoms with Crippen LogP contribution >= 0.6 is 0 Å². The van der Waals surface area contributed by atoms with E-state index < -0.39 is 11.8 Å². The lowest BCUT2D eigenvalue weighted by Crippen LogP contribution is -2.35. The van der Waals surface area contributed by atoms with E-state index in [0.29, 0.717) is 41.9 Å². The summed E-state index contributed by atoms with van der Waals surface area (Å²) in [5.74, 6) is 0.752. The van der Waals surface area contributed by atoms with Crippen LogP contribution in [0.25, 0.3) is 0 Å². The van der Waals surface area contributed by atoms with Gasteiger partial charge in [-0.05, 0) is 29.8 Å². The zero-order valence-electron chi connectivity index (χ0n) is 15.0. The van der Waals surface area contributed by atoms with E-state index in [1.165, 1.54) is 7.11 Å². The van der Waals surface area contributed by atoms with Crippen molar-refractivity contribution in [1.29, 1.82) is 0 Å². The SMILES string of the molecule is COc1ccc(CNC(=O)C(=O)Nc2ccc3c(c2)OCCO3)cc1OC. The van der Waals surface area contributed by atoms with E-state index in [1.54, 1.807) is 43.5 Å². The zero-order chi connectivity index (χ0) is 19.2. The normalized spacial score (nSPS) is 12.1. The molecule has 2 aromatic rings. The molecule has 0 atom stereocenters. The van der Waals surface area contributed by atoms with Gasteiger partial charge in [0.15, 0.2) is 23.0 Å². The summed E-state index contributed by atoms with van der Waals surface area (Å²) >= 11 is 0. The molecular formula is C19H20N2O6. The quantitative estimate of drug-likeness (QED) is 0.776. The summed E-state index contributed by atoms with van der Waals surface area (Å²) < 4.78 is 21.3. The number of hydrogen-bond acceptors (Lipinski definition) is 6. The molecule has 0 aromatic heterocycles. The summed E-state index contributed by atoms with van der Waals surface area (Å²) in [6.45, 7) is 1.10. The first kappa shape index (κ1) is 18.4. The molecule has 0 fully saturated rings. The lowest BCUT2D eigenvalue weighted by molar-refractivity contribution is -0.136. The highest BCUT2D eigenvalue weighted by molar-refractivity contribution is 6.39. The van der Waals surface area contributed by atoms with Crippen LogP contribution in [0.3, 0.4) is 0 Å². The third kappa shape index (κ3) is 4.41. The standard InChI is InChI=1S/C19H20N2O6/c1-24-14-5-3-12(9-16(14)25-2)11-20-18(22)19(23)21-13-4-6-15-17(10-13)27-8-7-26-15/h3-6,9-10H,7-8,11H2,1-2H3,(H,20,22)(H,21,23). The fraction of sp³-hybridized carbons (Fsp3) is 0.263. The van der Waals surface area contributed by atoms with Crippen LogP contribution < -0.4 is 29.6 Å². The smallest absolute Gasteiger partial charge is 0.313 e. The third-order valence-electron chi connectivity index (χ3n) is 3.91. The van der Waals surface area contributed by atoms with Gasteiger partial charge in [-0.3, -0.25) is 9.59 Å². The molecule has 27 heavy (non-hydrogen) atoms. The van der Waals surface area contributed by atoms with E-state index in [2.05, 4.69) is 10.6 Å². The Morgan fingerprint density at radius 1 is 0.926 bits per heavy atom. The Morgan fingerprint density at radius 2 is 1.67 bits per heavy atom. The first-order valence-corrected chi connectivity index (χ1v) is 8.30. The van der Waals surface area contributed by atoms with Gasteiger partial charge in [-0.1, -0.05) is 6.07 Å². The number of carbonyl (C=O) groups excluding carboxylic acids is 2. The molecule has 8 nitrogen and oxygen atoms in total. The summed E-state index contributed by atoms with van der Waals surface area (Å²) in [6, 6.07) is 10.2. The van der Waals surface area contributed by atoms with Crippen LogP contribution in [0.1, 0.15) is 5.56 Å². The van der Waals surface area contributed by atoms with Crippen molar-refractivity contribution in [3.8, 4) is 23.0 Å². The summed E-state index contributed by atoms with van der Waals surface area (Å²) in [5.41, 5.74) is 1.22. The Morgan fingerprint density at radius 3 is 2.41 bits per heavy atom. The first-order valence-electron chi connectivity index (χ1n) is 8.30. The number of fused-ring (bicyclic) bond motifs is 1. The first-order chi connectivity index (χ1) is 13.1. The van der Waals surface area contributed by atoms with Gasteiger partial charge in [-0.25, -0.2) is 0 Å². The van der Waals surface area contributed by atoms with Gasteiger partial charge in [0, 0.05) is 18.3 Å². The predicted octanol–water partition coefficient (Wildman–Crippen LogP) is 1.73. The minimum atomic E-state index is -0.771. The second kappa shape index (κ2) is 8.31. The fourth-order valence-corrected chi connectivity index (χ4v) is 2.56. The topological polar surface area (TPSA) is 95.1 Å². The minimum Gasteiger partial charge on any atom is -0.493 e. The number of anilines is 1. The number of amides is 2. The number of benzene rings is 2. The van der Waals surface area contributed by atoms with Crippen molar-refractivity contribution in [2.45, 2.75) is 6.54 Å². The van der Waals surface area contributed by atoms with E-state index >= 15 is 0 Å². The Hall–Kier alpha value is -3.42. The van der Waals surface area contributed by atoms with Crippen molar-refractivity contribution in [2.75, 3.05) is 32.8 Å². The highest BCUT2D eigenvalue weighted by Crippen LogP contribution is 2.32. The van der Waals surface area contributed by atoms with Crippen molar-refractivity contribution in [2.24, 2.45) is 0 Å². The van der Waals surface area contributed by atoms with Crippen LogP contribution in [0.5, 0.6) is 23.0 Å². The molecule has 142 valence electrons. The van der Waals surface area contributed by atoms with Crippen LogP contribution in [0.4, 0.5) is 5.69 Å². The average molecular weight is 372 g/mol. The minimum absolute atomic E-state index is 0.174. The van der Waals surface area contributed by atoms with Crippen molar-refractivity contribution < 1.29 is 28.5 Å². The largest absolute Gasteiger partial charge is 0.493 e. The van der Waals surface area contributed by atoms with Crippen molar-refractivity contribution in [1.82, 2.24) is 5.32 Å². The second-order valence-corrected chi connectivity index (χ2v) is 5.68. The Balaban J connectivity index is 1.57. The summed E-state index contributed by atoms with van der Waals surface area (Å²) in [5, 5.41) is 5.10. The Kier molecular flexibility index (Phi) is 5.65. The molecule has 0 saturated carbocycles. The molecule has 8 heteroatoms. The second-order valence-electron chi connectivity index (χ2n) is 5.68. The van der Waals surface area contributed by atoms with Crippen molar-refractivity contribution in [3.63, 3.8) is 0 Å². The number of rotatable bonds is 5. The van der Waals surface area contributed by atoms with Gasteiger partial charge in [0.2, 0.25) is 0 Å².